The van der Waals surface area contributed by atoms with Crippen LogP contribution in [0.1, 0.15) is 27.2 Å². The van der Waals surface area contributed by atoms with Crippen molar-refractivity contribution in [3.8, 4) is 5.75 Å². The molecule has 0 saturated heterocycles. The third-order valence-electron chi connectivity index (χ3n) is 3.99. The second-order valence-electron chi connectivity index (χ2n) is 5.71. The molecule has 126 valence electrons. The first-order valence-electron chi connectivity index (χ1n) is 7.93. The van der Waals surface area contributed by atoms with E-state index in [-0.39, 0.29) is 5.91 Å². The lowest BCUT2D eigenvalue weighted by molar-refractivity contribution is 0.0954. The molecule has 3 aromatic rings. The van der Waals surface area contributed by atoms with Crippen LogP contribution in [0.15, 0.2) is 53.6 Å². The van der Waals surface area contributed by atoms with E-state index in [4.69, 9.17) is 4.74 Å². The van der Waals surface area contributed by atoms with Gasteiger partial charge in [-0.2, -0.15) is 5.10 Å². The van der Waals surface area contributed by atoms with Gasteiger partial charge in [-0.15, -0.1) is 0 Å². The first kappa shape index (κ1) is 16.6. The number of hydrazone groups is 1. The topological polar surface area (TPSA) is 63.6 Å². The van der Waals surface area contributed by atoms with Crippen LogP contribution in [-0.2, 0) is 0 Å². The summed E-state index contributed by atoms with van der Waals surface area (Å²) in [6.45, 7) is 3.83. The zero-order chi connectivity index (χ0) is 17.8. The number of pyridine rings is 1. The van der Waals surface area contributed by atoms with Crippen molar-refractivity contribution in [2.75, 3.05) is 7.11 Å². The highest BCUT2D eigenvalue weighted by molar-refractivity contribution is 5.99. The van der Waals surface area contributed by atoms with Crippen LogP contribution >= 0.6 is 0 Å². The average molecular weight is 333 g/mol. The maximum absolute atomic E-state index is 12.4. The summed E-state index contributed by atoms with van der Waals surface area (Å²) in [4.78, 5) is 17.0. The van der Waals surface area contributed by atoms with Crippen LogP contribution in [0.2, 0.25) is 0 Å². The molecular formula is C20H19N3O2. The summed E-state index contributed by atoms with van der Waals surface area (Å²) in [6.07, 6.45) is 1.56. The molecule has 0 saturated carbocycles. The van der Waals surface area contributed by atoms with Gasteiger partial charge in [0.1, 0.15) is 5.75 Å². The molecule has 0 aliphatic rings. The molecule has 0 fully saturated rings. The second kappa shape index (κ2) is 7.13. The van der Waals surface area contributed by atoms with Crippen LogP contribution in [0.5, 0.6) is 5.75 Å². The fraction of sp³-hybridized carbons (Fsp3) is 0.150. The number of hydrogen-bond acceptors (Lipinski definition) is 4. The lowest BCUT2D eigenvalue weighted by Crippen LogP contribution is -2.19. The molecule has 0 atom stereocenters. The molecule has 0 aliphatic carbocycles. The molecule has 0 spiro atoms. The molecular weight excluding hydrogens is 314 g/mol. The number of aromatic nitrogens is 1. The maximum Gasteiger partial charge on any atom is 0.273 e. The molecule has 5 heteroatoms. The Balaban J connectivity index is 1.83. The predicted molar refractivity (Wildman–Crippen MR) is 99.3 cm³/mol. The summed E-state index contributed by atoms with van der Waals surface area (Å²) in [5, 5.41) is 4.97. The number of carbonyl (C=O) groups is 1. The van der Waals surface area contributed by atoms with Crippen molar-refractivity contribution in [2.24, 2.45) is 5.10 Å². The van der Waals surface area contributed by atoms with Gasteiger partial charge in [-0.3, -0.25) is 9.78 Å². The van der Waals surface area contributed by atoms with E-state index in [0.29, 0.717) is 17.0 Å². The van der Waals surface area contributed by atoms with E-state index < -0.39 is 0 Å². The molecule has 3 rings (SSSR count). The number of methoxy groups -OCH3 is 1. The Morgan fingerprint density at radius 1 is 1.16 bits per heavy atom. The second-order valence-corrected chi connectivity index (χ2v) is 5.71. The quantitative estimate of drug-likeness (QED) is 0.586. The van der Waals surface area contributed by atoms with Gasteiger partial charge in [0.15, 0.2) is 0 Å². The molecule has 0 bridgehead atoms. The molecule has 0 unspecified atom stereocenters. The van der Waals surface area contributed by atoms with E-state index in [1.807, 2.05) is 62.4 Å². The number of benzene rings is 2. The van der Waals surface area contributed by atoms with Gasteiger partial charge in [-0.1, -0.05) is 30.3 Å². The third-order valence-corrected chi connectivity index (χ3v) is 3.99. The zero-order valence-corrected chi connectivity index (χ0v) is 14.4. The van der Waals surface area contributed by atoms with Crippen LogP contribution in [0, 0.1) is 13.8 Å². The molecule has 1 amide bonds. The number of amides is 1. The summed E-state index contributed by atoms with van der Waals surface area (Å²) in [6, 6.07) is 15.2. The lowest BCUT2D eigenvalue weighted by Gasteiger charge is -2.08. The van der Waals surface area contributed by atoms with Crippen molar-refractivity contribution >= 4 is 23.0 Å². The van der Waals surface area contributed by atoms with Gasteiger partial charge in [0.2, 0.25) is 0 Å². The number of fused-ring (bicyclic) bond motifs is 1. The summed E-state index contributed by atoms with van der Waals surface area (Å²) >= 11 is 0. The number of aryl methyl sites for hydroxylation is 2. The smallest absolute Gasteiger partial charge is 0.273 e. The normalized spacial score (nSPS) is 11.0. The van der Waals surface area contributed by atoms with Gasteiger partial charge >= 0.3 is 0 Å². The Hall–Kier alpha value is -3.21. The number of para-hydroxylation sites is 2. The lowest BCUT2D eigenvalue weighted by atomic mass is 10.1. The zero-order valence-electron chi connectivity index (χ0n) is 14.4. The molecule has 1 aromatic heterocycles. The van der Waals surface area contributed by atoms with E-state index >= 15 is 0 Å². The number of rotatable bonds is 4. The summed E-state index contributed by atoms with van der Waals surface area (Å²) < 4.78 is 5.25. The maximum atomic E-state index is 12.4. The Kier molecular flexibility index (Phi) is 4.75. The highest BCUT2D eigenvalue weighted by Crippen LogP contribution is 2.19. The molecule has 25 heavy (non-hydrogen) atoms. The standard InChI is InChI=1S/C20H19N3O2/c1-13-7-6-9-15-11-17(14(2)22-19(13)15)20(24)23-21-12-16-8-4-5-10-18(16)25-3/h4-12H,1-3H3,(H,23,24). The monoisotopic (exact) mass is 333 g/mol. The third kappa shape index (κ3) is 3.50. The predicted octanol–water partition coefficient (Wildman–Crippen LogP) is 3.62. The largest absolute Gasteiger partial charge is 0.496 e. The van der Waals surface area contributed by atoms with Gasteiger partial charge in [0, 0.05) is 10.9 Å². The fourth-order valence-corrected chi connectivity index (χ4v) is 2.66. The fourth-order valence-electron chi connectivity index (χ4n) is 2.66. The number of nitrogens with zero attached hydrogens (tertiary/aromatic N) is 2. The van der Waals surface area contributed by atoms with Crippen LogP contribution < -0.4 is 10.2 Å². The minimum absolute atomic E-state index is 0.292. The van der Waals surface area contributed by atoms with Crippen molar-refractivity contribution in [1.29, 1.82) is 0 Å². The Morgan fingerprint density at radius 2 is 1.96 bits per heavy atom. The minimum Gasteiger partial charge on any atom is -0.496 e. The minimum atomic E-state index is -0.292. The number of carbonyl (C=O) groups excluding carboxylic acids is 1. The Labute approximate surface area is 146 Å². The molecule has 1 N–H and O–H groups in total. The number of ether oxygens (including phenoxy) is 1. The summed E-state index contributed by atoms with van der Waals surface area (Å²) in [5.41, 5.74) is 6.52. The van der Waals surface area contributed by atoms with E-state index in [9.17, 15) is 4.79 Å². The van der Waals surface area contributed by atoms with Crippen LogP contribution in [0.3, 0.4) is 0 Å². The van der Waals surface area contributed by atoms with Gasteiger partial charge in [-0.25, -0.2) is 5.43 Å². The van der Waals surface area contributed by atoms with Crippen molar-refractivity contribution < 1.29 is 9.53 Å². The molecule has 1 heterocycles. The van der Waals surface area contributed by atoms with E-state index in [2.05, 4.69) is 15.5 Å². The highest BCUT2D eigenvalue weighted by Gasteiger charge is 2.12. The first-order valence-corrected chi connectivity index (χ1v) is 7.93. The Morgan fingerprint density at radius 3 is 2.76 bits per heavy atom. The van der Waals surface area contributed by atoms with Gasteiger partial charge in [0.25, 0.3) is 5.91 Å². The van der Waals surface area contributed by atoms with Gasteiger partial charge in [0.05, 0.1) is 30.1 Å². The number of hydrogen-bond donors (Lipinski definition) is 1. The van der Waals surface area contributed by atoms with Gasteiger partial charge < -0.3 is 4.74 Å². The molecule has 0 radical (unpaired) electrons. The van der Waals surface area contributed by atoms with Crippen LogP contribution in [-0.4, -0.2) is 24.2 Å². The number of nitrogens with one attached hydrogen (secondary N) is 1. The molecule has 2 aromatic carbocycles. The highest BCUT2D eigenvalue weighted by atomic mass is 16.5. The molecule has 0 aliphatic heterocycles. The van der Waals surface area contributed by atoms with Crippen molar-refractivity contribution in [2.45, 2.75) is 13.8 Å². The SMILES string of the molecule is COc1ccccc1C=NNC(=O)c1cc2cccc(C)c2nc1C. The molecule has 5 nitrogen and oxygen atoms in total. The van der Waals surface area contributed by atoms with E-state index in [0.717, 1.165) is 22.0 Å². The summed E-state index contributed by atoms with van der Waals surface area (Å²) in [7, 11) is 1.59. The van der Waals surface area contributed by atoms with E-state index in [1.54, 1.807) is 13.3 Å². The summed E-state index contributed by atoms with van der Waals surface area (Å²) in [5.74, 6) is 0.402. The van der Waals surface area contributed by atoms with Crippen LogP contribution in [0.25, 0.3) is 10.9 Å². The van der Waals surface area contributed by atoms with Crippen molar-refractivity contribution in [3.05, 3.63) is 70.9 Å². The Bertz CT molecular complexity index is 964. The van der Waals surface area contributed by atoms with Crippen molar-refractivity contribution in [1.82, 2.24) is 10.4 Å². The van der Waals surface area contributed by atoms with E-state index in [1.165, 1.54) is 0 Å². The average Bonchev–Trinajstić information content (AvgIpc) is 2.62. The first-order chi connectivity index (χ1) is 12.1. The van der Waals surface area contributed by atoms with Crippen LogP contribution in [0.4, 0.5) is 0 Å². The van der Waals surface area contributed by atoms with Gasteiger partial charge in [-0.05, 0) is 37.6 Å². The van der Waals surface area contributed by atoms with Crippen molar-refractivity contribution in [3.63, 3.8) is 0 Å².